The van der Waals surface area contributed by atoms with E-state index in [1.54, 1.807) is 10.8 Å². The van der Waals surface area contributed by atoms with Crippen LogP contribution in [-0.2, 0) is 26.2 Å². The number of benzene rings is 1. The van der Waals surface area contributed by atoms with Crippen molar-refractivity contribution in [2.45, 2.75) is 11.4 Å². The summed E-state index contributed by atoms with van der Waals surface area (Å²) in [5.74, 6) is -4.63. The Kier molecular flexibility index (Phi) is 6.33. The van der Waals surface area contributed by atoms with Crippen LogP contribution in [0.4, 0.5) is 9.80 Å². The quantitative estimate of drug-likeness (QED) is 0.417. The van der Waals surface area contributed by atoms with E-state index < -0.39 is 33.9 Å². The first kappa shape index (κ1) is 20.9. The minimum Gasteiger partial charge on any atom is -0.478 e. The molecule has 0 radical (unpaired) electrons. The van der Waals surface area contributed by atoms with Gasteiger partial charge in [-0.2, -0.15) is 0 Å². The Morgan fingerprint density at radius 1 is 1.04 bits per heavy atom. The zero-order chi connectivity index (χ0) is 20.9. The molecule has 0 fully saturated rings. The number of thiophene rings is 1. The van der Waals surface area contributed by atoms with E-state index in [1.165, 1.54) is 24.3 Å². The number of nitrogens with one attached hydrogen (secondary N) is 3. The van der Waals surface area contributed by atoms with Gasteiger partial charge in [0.15, 0.2) is 0 Å². The van der Waals surface area contributed by atoms with E-state index in [-0.39, 0.29) is 26.9 Å². The van der Waals surface area contributed by atoms with E-state index in [0.29, 0.717) is 0 Å². The largest absolute Gasteiger partial charge is 0.478 e. The predicted molar refractivity (Wildman–Crippen MR) is 96.5 cm³/mol. The lowest BCUT2D eigenvalue weighted by Gasteiger charge is -2.07. The number of sulfonamides is 1. The van der Waals surface area contributed by atoms with Crippen LogP contribution in [0.2, 0.25) is 0 Å². The van der Waals surface area contributed by atoms with Crippen molar-refractivity contribution >= 4 is 50.2 Å². The highest BCUT2D eigenvalue weighted by atomic mass is 32.2. The zero-order valence-electron chi connectivity index (χ0n) is 13.8. The minimum absolute atomic E-state index is 0.117. The topological polar surface area (TPSA) is 179 Å². The Labute approximate surface area is 162 Å². The van der Waals surface area contributed by atoms with Gasteiger partial charge in [0.2, 0.25) is 0 Å². The number of carboxylic acid groups (broad SMARTS) is 2. The van der Waals surface area contributed by atoms with Crippen LogP contribution in [0.5, 0.6) is 0 Å². The van der Waals surface area contributed by atoms with Crippen LogP contribution in [0.3, 0.4) is 0 Å². The minimum atomic E-state index is -4.08. The van der Waals surface area contributed by atoms with Crippen LogP contribution in [0, 0.1) is 0 Å². The summed E-state index contributed by atoms with van der Waals surface area (Å²) in [4.78, 5) is 44.9. The summed E-state index contributed by atoms with van der Waals surface area (Å²) in [6.45, 7) is -0.260. The van der Waals surface area contributed by atoms with Gasteiger partial charge in [-0.3, -0.25) is 4.79 Å². The van der Waals surface area contributed by atoms with E-state index in [0.717, 1.165) is 17.4 Å². The summed E-state index contributed by atoms with van der Waals surface area (Å²) in [6.07, 6.45) is 0. The van der Waals surface area contributed by atoms with Crippen LogP contribution in [-0.4, -0.2) is 42.5 Å². The molecular formula is C15H13N3O8S2. The highest BCUT2D eigenvalue weighted by Gasteiger charge is 2.21. The number of aliphatic carboxylic acids is 1. The fourth-order valence-electron chi connectivity index (χ4n) is 1.92. The van der Waals surface area contributed by atoms with Crippen molar-refractivity contribution in [3.8, 4) is 0 Å². The molecule has 2 rings (SSSR count). The Balaban J connectivity index is 2.06. The molecule has 0 bridgehead atoms. The van der Waals surface area contributed by atoms with Gasteiger partial charge in [0.1, 0.15) is 5.00 Å². The first-order valence-corrected chi connectivity index (χ1v) is 9.66. The van der Waals surface area contributed by atoms with Crippen molar-refractivity contribution in [3.63, 3.8) is 0 Å². The standard InChI is InChI=1S/C15H13N3O8S2/c19-11(14(22)23)17-12-10(13(20)21)6-8(27-12)7-16-15(24)18-28(25,26)9-4-2-1-3-5-9/h1-6H,7H2,(H,17,19)(H,20,21)(H,22,23)(H2,16,18,24). The number of hydrogen-bond acceptors (Lipinski definition) is 7. The number of carbonyl (C=O) groups excluding carboxylic acids is 2. The van der Waals surface area contributed by atoms with Crippen molar-refractivity contribution in [3.05, 3.63) is 46.8 Å². The maximum Gasteiger partial charge on any atom is 0.394 e. The van der Waals surface area contributed by atoms with E-state index >= 15 is 0 Å². The molecule has 0 aliphatic heterocycles. The lowest BCUT2D eigenvalue weighted by Crippen LogP contribution is -2.38. The molecule has 0 unspecified atom stereocenters. The Bertz CT molecular complexity index is 1030. The predicted octanol–water partition coefficient (Wildman–Crippen LogP) is 0.657. The van der Waals surface area contributed by atoms with Gasteiger partial charge in [-0.25, -0.2) is 27.5 Å². The van der Waals surface area contributed by atoms with E-state index in [1.807, 2.05) is 5.32 Å². The number of rotatable bonds is 6. The maximum atomic E-state index is 12.0. The fraction of sp³-hybridized carbons (Fsp3) is 0.0667. The van der Waals surface area contributed by atoms with Crippen LogP contribution >= 0.6 is 11.3 Å². The SMILES string of the molecule is O=C(NCc1cc(C(=O)O)c(NC(=O)C(=O)O)s1)NS(=O)(=O)c1ccccc1. The summed E-state index contributed by atoms with van der Waals surface area (Å²) in [5, 5.41) is 21.6. The number of aromatic carboxylic acids is 1. The van der Waals surface area contributed by atoms with Crippen molar-refractivity contribution in [1.29, 1.82) is 0 Å². The maximum absolute atomic E-state index is 12.0. The fourth-order valence-corrected chi connectivity index (χ4v) is 3.85. The van der Waals surface area contributed by atoms with Gasteiger partial charge in [-0.1, -0.05) is 18.2 Å². The molecule has 0 aliphatic carbocycles. The number of carbonyl (C=O) groups is 4. The molecule has 0 spiro atoms. The van der Waals surface area contributed by atoms with Crippen LogP contribution in [0.1, 0.15) is 15.2 Å². The first-order chi connectivity index (χ1) is 13.1. The van der Waals surface area contributed by atoms with Crippen molar-refractivity contribution in [2.24, 2.45) is 0 Å². The number of hydrogen-bond donors (Lipinski definition) is 5. The number of amides is 3. The molecule has 5 N–H and O–H groups in total. The van der Waals surface area contributed by atoms with Gasteiger partial charge in [0.05, 0.1) is 17.0 Å². The molecule has 0 saturated heterocycles. The van der Waals surface area contributed by atoms with Gasteiger partial charge < -0.3 is 20.8 Å². The van der Waals surface area contributed by atoms with Crippen LogP contribution in [0.25, 0.3) is 0 Å². The average Bonchev–Trinajstić information content (AvgIpc) is 3.03. The summed E-state index contributed by atoms with van der Waals surface area (Å²) >= 11 is 0.722. The van der Waals surface area contributed by atoms with E-state index in [4.69, 9.17) is 10.2 Å². The second-order valence-corrected chi connectivity index (χ2v) is 7.94. The summed E-state index contributed by atoms with van der Waals surface area (Å²) in [5.41, 5.74) is -0.367. The molecule has 13 heteroatoms. The second kappa shape index (κ2) is 8.49. The third-order valence-corrected chi connectivity index (χ3v) is 5.54. The molecule has 28 heavy (non-hydrogen) atoms. The molecule has 1 aromatic carbocycles. The highest BCUT2D eigenvalue weighted by Crippen LogP contribution is 2.28. The number of carboxylic acids is 2. The monoisotopic (exact) mass is 427 g/mol. The average molecular weight is 427 g/mol. The van der Waals surface area contributed by atoms with Gasteiger partial charge in [-0.05, 0) is 18.2 Å². The Hall–Kier alpha value is -3.45. The van der Waals surface area contributed by atoms with Crippen molar-refractivity contribution in [2.75, 3.05) is 5.32 Å². The Morgan fingerprint density at radius 2 is 1.68 bits per heavy atom. The lowest BCUT2D eigenvalue weighted by molar-refractivity contribution is -0.147. The second-order valence-electron chi connectivity index (χ2n) is 5.12. The third kappa shape index (κ3) is 5.28. The normalized spacial score (nSPS) is 10.7. The van der Waals surface area contributed by atoms with Gasteiger partial charge in [-0.15, -0.1) is 11.3 Å². The number of urea groups is 1. The lowest BCUT2D eigenvalue weighted by atomic mass is 10.3. The summed E-state index contributed by atoms with van der Waals surface area (Å²) in [7, 11) is -4.08. The molecule has 0 aliphatic rings. The van der Waals surface area contributed by atoms with Crippen LogP contribution < -0.4 is 15.4 Å². The smallest absolute Gasteiger partial charge is 0.394 e. The molecule has 11 nitrogen and oxygen atoms in total. The third-order valence-electron chi connectivity index (χ3n) is 3.14. The molecule has 0 atom stereocenters. The molecule has 2 aromatic rings. The van der Waals surface area contributed by atoms with Crippen LogP contribution in [0.15, 0.2) is 41.3 Å². The Morgan fingerprint density at radius 3 is 2.25 bits per heavy atom. The molecule has 1 heterocycles. The number of anilines is 1. The molecule has 3 amide bonds. The van der Waals surface area contributed by atoms with Gasteiger partial charge >= 0.3 is 23.9 Å². The van der Waals surface area contributed by atoms with Gasteiger partial charge in [0.25, 0.3) is 10.0 Å². The van der Waals surface area contributed by atoms with E-state index in [2.05, 4.69) is 5.32 Å². The van der Waals surface area contributed by atoms with Crippen molar-refractivity contribution < 1.29 is 37.8 Å². The van der Waals surface area contributed by atoms with Gasteiger partial charge in [0, 0.05) is 4.88 Å². The van der Waals surface area contributed by atoms with E-state index in [9.17, 15) is 27.6 Å². The molecular weight excluding hydrogens is 414 g/mol. The molecule has 148 valence electrons. The molecule has 0 saturated carbocycles. The zero-order valence-corrected chi connectivity index (χ0v) is 15.5. The molecule has 1 aromatic heterocycles. The summed E-state index contributed by atoms with van der Waals surface area (Å²) < 4.78 is 25.9. The first-order valence-electron chi connectivity index (χ1n) is 7.36. The van der Waals surface area contributed by atoms with Crippen molar-refractivity contribution in [1.82, 2.24) is 10.0 Å². The highest BCUT2D eigenvalue weighted by molar-refractivity contribution is 7.90. The summed E-state index contributed by atoms with van der Waals surface area (Å²) in [6, 6.07) is 7.24.